The number of rotatable bonds is 4. The zero-order valence-corrected chi connectivity index (χ0v) is 14.7. The summed E-state index contributed by atoms with van der Waals surface area (Å²) in [7, 11) is 0. The number of hydrogen-bond acceptors (Lipinski definition) is 5. The molecule has 0 atom stereocenters. The van der Waals surface area contributed by atoms with Crippen LogP contribution in [0.4, 0.5) is 4.39 Å². The topological polar surface area (TPSA) is 65.2 Å². The van der Waals surface area contributed by atoms with Gasteiger partial charge in [-0.25, -0.2) is 4.39 Å². The first-order valence-electron chi connectivity index (χ1n) is 8.73. The van der Waals surface area contributed by atoms with Gasteiger partial charge in [-0.1, -0.05) is 12.1 Å². The van der Waals surface area contributed by atoms with Crippen LogP contribution >= 0.6 is 0 Å². The minimum absolute atomic E-state index is 0.317. The van der Waals surface area contributed by atoms with Crippen molar-refractivity contribution in [3.8, 4) is 11.6 Å². The lowest BCUT2D eigenvalue weighted by Crippen LogP contribution is -2.01. The van der Waals surface area contributed by atoms with E-state index in [1.165, 1.54) is 12.1 Å². The van der Waals surface area contributed by atoms with Crippen molar-refractivity contribution in [2.45, 2.75) is 6.42 Å². The van der Waals surface area contributed by atoms with Gasteiger partial charge < -0.3 is 4.74 Å². The van der Waals surface area contributed by atoms with Gasteiger partial charge in [0.05, 0.1) is 5.52 Å². The van der Waals surface area contributed by atoms with E-state index in [-0.39, 0.29) is 5.82 Å². The van der Waals surface area contributed by atoms with Crippen LogP contribution < -0.4 is 4.74 Å². The van der Waals surface area contributed by atoms with E-state index < -0.39 is 0 Å². The van der Waals surface area contributed by atoms with Crippen LogP contribution in [0.5, 0.6) is 11.6 Å². The van der Waals surface area contributed by atoms with Crippen molar-refractivity contribution < 1.29 is 9.13 Å². The molecule has 0 aliphatic carbocycles. The van der Waals surface area contributed by atoms with E-state index in [1.807, 2.05) is 24.3 Å². The SMILES string of the molecule is Fc1ccc(Oc2ccc3nnc(Cc4ccc5ncccc5c4)n3n2)cc1. The predicted octanol–water partition coefficient (Wildman–Crippen LogP) is 4.19. The molecule has 0 aliphatic heterocycles. The van der Waals surface area contributed by atoms with Gasteiger partial charge in [-0.2, -0.15) is 4.52 Å². The minimum Gasteiger partial charge on any atom is -0.438 e. The standard InChI is InChI=1S/C21H14FN5O/c22-16-4-6-17(7-5-16)28-21-10-9-19-24-25-20(27(19)26-21)13-14-3-8-18-15(12-14)2-1-11-23-18/h1-12H,13H2. The van der Waals surface area contributed by atoms with Crippen molar-refractivity contribution in [2.24, 2.45) is 0 Å². The molecule has 28 heavy (non-hydrogen) atoms. The Hall–Kier alpha value is -3.87. The molecule has 0 aliphatic rings. The molecule has 0 spiro atoms. The fourth-order valence-corrected chi connectivity index (χ4v) is 3.02. The average molecular weight is 371 g/mol. The maximum atomic E-state index is 13.1. The molecule has 0 unspecified atom stereocenters. The lowest BCUT2D eigenvalue weighted by Gasteiger charge is -2.06. The first-order valence-corrected chi connectivity index (χ1v) is 8.73. The maximum Gasteiger partial charge on any atom is 0.237 e. The van der Waals surface area contributed by atoms with Crippen LogP contribution in [0.2, 0.25) is 0 Å². The van der Waals surface area contributed by atoms with E-state index in [2.05, 4.69) is 26.3 Å². The van der Waals surface area contributed by atoms with Crippen LogP contribution in [0.25, 0.3) is 16.6 Å². The number of hydrogen-bond donors (Lipinski definition) is 0. The Bertz CT molecular complexity index is 1280. The largest absolute Gasteiger partial charge is 0.438 e. The average Bonchev–Trinajstić information content (AvgIpc) is 3.12. The van der Waals surface area contributed by atoms with Gasteiger partial charge in [0.2, 0.25) is 5.88 Å². The summed E-state index contributed by atoms with van der Waals surface area (Å²) in [6.45, 7) is 0. The van der Waals surface area contributed by atoms with E-state index in [4.69, 9.17) is 4.74 Å². The van der Waals surface area contributed by atoms with Gasteiger partial charge in [0.15, 0.2) is 11.5 Å². The third kappa shape index (κ3) is 3.14. The molecule has 3 aromatic heterocycles. The zero-order chi connectivity index (χ0) is 18.9. The molecule has 5 aromatic rings. The Labute approximate surface area is 159 Å². The molecular weight excluding hydrogens is 357 g/mol. The zero-order valence-electron chi connectivity index (χ0n) is 14.7. The third-order valence-electron chi connectivity index (χ3n) is 4.37. The minimum atomic E-state index is -0.317. The first-order chi connectivity index (χ1) is 13.7. The normalized spacial score (nSPS) is 11.2. The van der Waals surface area contributed by atoms with Crippen molar-refractivity contribution in [3.63, 3.8) is 0 Å². The molecule has 0 bridgehead atoms. The number of benzene rings is 2. The lowest BCUT2D eigenvalue weighted by atomic mass is 10.1. The Balaban J connectivity index is 1.46. The molecule has 0 radical (unpaired) electrons. The molecule has 6 nitrogen and oxygen atoms in total. The van der Waals surface area contributed by atoms with Crippen molar-refractivity contribution in [1.82, 2.24) is 24.8 Å². The first kappa shape index (κ1) is 16.3. The smallest absolute Gasteiger partial charge is 0.237 e. The van der Waals surface area contributed by atoms with Gasteiger partial charge in [0, 0.05) is 24.1 Å². The number of nitrogens with zero attached hydrogens (tertiary/aromatic N) is 5. The summed E-state index contributed by atoms with van der Waals surface area (Å²) < 4.78 is 20.4. The second-order valence-electron chi connectivity index (χ2n) is 6.32. The number of pyridine rings is 1. The summed E-state index contributed by atoms with van der Waals surface area (Å²) in [6.07, 6.45) is 2.35. The summed E-state index contributed by atoms with van der Waals surface area (Å²) in [5.41, 5.74) is 2.66. The molecule has 5 rings (SSSR count). The number of aromatic nitrogens is 5. The summed E-state index contributed by atoms with van der Waals surface area (Å²) in [4.78, 5) is 4.34. The predicted molar refractivity (Wildman–Crippen MR) is 102 cm³/mol. The Morgan fingerprint density at radius 3 is 2.71 bits per heavy atom. The number of ether oxygens (including phenoxy) is 1. The van der Waals surface area contributed by atoms with Crippen LogP contribution in [0.3, 0.4) is 0 Å². The number of halogens is 1. The van der Waals surface area contributed by atoms with Crippen LogP contribution in [-0.2, 0) is 6.42 Å². The third-order valence-corrected chi connectivity index (χ3v) is 4.37. The van der Waals surface area contributed by atoms with Crippen LogP contribution in [0, 0.1) is 5.82 Å². The van der Waals surface area contributed by atoms with Crippen LogP contribution in [0.15, 0.2) is 72.9 Å². The maximum absolute atomic E-state index is 13.1. The molecule has 0 amide bonds. The fourth-order valence-electron chi connectivity index (χ4n) is 3.02. The Kier molecular flexibility index (Phi) is 3.90. The second kappa shape index (κ2) is 6.70. The molecular formula is C21H14FN5O. The summed E-state index contributed by atoms with van der Waals surface area (Å²) in [5.74, 6) is 1.26. The summed E-state index contributed by atoms with van der Waals surface area (Å²) >= 11 is 0. The van der Waals surface area contributed by atoms with Crippen molar-refractivity contribution in [2.75, 3.05) is 0 Å². The molecule has 0 saturated heterocycles. The highest BCUT2D eigenvalue weighted by molar-refractivity contribution is 5.78. The summed E-state index contributed by atoms with van der Waals surface area (Å²) in [6, 6.07) is 19.3. The van der Waals surface area contributed by atoms with E-state index in [1.54, 1.807) is 35.0 Å². The molecule has 0 saturated carbocycles. The van der Waals surface area contributed by atoms with Gasteiger partial charge in [-0.05, 0) is 54.1 Å². The van der Waals surface area contributed by atoms with Gasteiger partial charge >= 0.3 is 0 Å². The molecule has 7 heteroatoms. The Morgan fingerprint density at radius 1 is 0.929 bits per heavy atom. The lowest BCUT2D eigenvalue weighted by molar-refractivity contribution is 0.450. The Morgan fingerprint density at radius 2 is 1.82 bits per heavy atom. The quantitative estimate of drug-likeness (QED) is 0.474. The molecule has 0 fully saturated rings. The van der Waals surface area contributed by atoms with Gasteiger partial charge in [-0.3, -0.25) is 4.98 Å². The summed E-state index contributed by atoms with van der Waals surface area (Å²) in [5, 5.41) is 14.0. The van der Waals surface area contributed by atoms with Gasteiger partial charge in [0.1, 0.15) is 11.6 Å². The van der Waals surface area contributed by atoms with Crippen molar-refractivity contribution in [1.29, 1.82) is 0 Å². The molecule has 0 N–H and O–H groups in total. The number of fused-ring (bicyclic) bond motifs is 2. The van der Waals surface area contributed by atoms with Crippen LogP contribution in [0.1, 0.15) is 11.4 Å². The van der Waals surface area contributed by atoms with Crippen LogP contribution in [-0.4, -0.2) is 24.8 Å². The van der Waals surface area contributed by atoms with E-state index in [0.29, 0.717) is 29.5 Å². The highest BCUT2D eigenvalue weighted by Gasteiger charge is 2.10. The highest BCUT2D eigenvalue weighted by atomic mass is 19.1. The molecule has 2 aromatic carbocycles. The van der Waals surface area contributed by atoms with E-state index >= 15 is 0 Å². The highest BCUT2D eigenvalue weighted by Crippen LogP contribution is 2.21. The van der Waals surface area contributed by atoms with Gasteiger partial charge in [-0.15, -0.1) is 15.3 Å². The van der Waals surface area contributed by atoms with Crippen molar-refractivity contribution in [3.05, 3.63) is 90.1 Å². The monoisotopic (exact) mass is 371 g/mol. The van der Waals surface area contributed by atoms with E-state index in [0.717, 1.165) is 16.5 Å². The molecule has 136 valence electrons. The second-order valence-corrected chi connectivity index (χ2v) is 6.32. The van der Waals surface area contributed by atoms with Crippen molar-refractivity contribution >= 4 is 16.6 Å². The molecule has 3 heterocycles. The van der Waals surface area contributed by atoms with Gasteiger partial charge in [0.25, 0.3) is 0 Å². The van der Waals surface area contributed by atoms with E-state index in [9.17, 15) is 4.39 Å². The fraction of sp³-hybridized carbons (Fsp3) is 0.0476.